The van der Waals surface area contributed by atoms with Crippen molar-refractivity contribution < 1.29 is 9.84 Å². The monoisotopic (exact) mass is 225 g/mol. The van der Waals surface area contributed by atoms with E-state index in [1.165, 1.54) is 13.2 Å². The smallest absolute Gasteiger partial charge is 0.162 e. The molecule has 0 amide bonds. The van der Waals surface area contributed by atoms with Gasteiger partial charge in [0.05, 0.1) is 18.6 Å². The quantitative estimate of drug-likeness (QED) is 0.842. The Bertz CT molecular complexity index is 421. The van der Waals surface area contributed by atoms with Crippen molar-refractivity contribution in [3.8, 4) is 17.6 Å². The molecule has 1 rings (SSSR count). The predicted octanol–water partition coefficient (Wildman–Crippen LogP) is 2.86. The summed E-state index contributed by atoms with van der Waals surface area (Å²) in [6.07, 6.45) is 0. The summed E-state index contributed by atoms with van der Waals surface area (Å²) in [6.45, 7) is 3.41. The Morgan fingerprint density at radius 1 is 1.47 bits per heavy atom. The van der Waals surface area contributed by atoms with Gasteiger partial charge < -0.3 is 9.84 Å². The molecule has 0 saturated heterocycles. The fourth-order valence-corrected chi connectivity index (χ4v) is 1.47. The third-order valence-electron chi connectivity index (χ3n) is 2.21. The Morgan fingerprint density at radius 3 is 2.53 bits per heavy atom. The van der Waals surface area contributed by atoms with E-state index in [1.807, 2.05) is 0 Å². The van der Waals surface area contributed by atoms with Gasteiger partial charge in [0, 0.05) is 16.7 Å². The maximum absolute atomic E-state index is 9.85. The molecule has 0 saturated carbocycles. The number of hydrogen-bond donors (Lipinski definition) is 1. The van der Waals surface area contributed by atoms with E-state index >= 15 is 0 Å². The van der Waals surface area contributed by atoms with Crippen molar-refractivity contribution >= 4 is 11.6 Å². The number of benzene rings is 1. The molecule has 1 aromatic rings. The van der Waals surface area contributed by atoms with Crippen LogP contribution in [0.3, 0.4) is 0 Å². The van der Waals surface area contributed by atoms with Crippen LogP contribution in [0.15, 0.2) is 12.1 Å². The van der Waals surface area contributed by atoms with Crippen molar-refractivity contribution in [2.45, 2.75) is 19.3 Å². The number of phenols is 1. The Morgan fingerprint density at radius 2 is 2.07 bits per heavy atom. The maximum atomic E-state index is 9.85. The molecule has 0 unspecified atom stereocenters. The number of aromatic hydroxyl groups is 1. The van der Waals surface area contributed by atoms with Gasteiger partial charge in [0.25, 0.3) is 0 Å². The van der Waals surface area contributed by atoms with Gasteiger partial charge in [-0.3, -0.25) is 0 Å². The highest BCUT2D eigenvalue weighted by atomic mass is 35.5. The molecule has 0 spiro atoms. The lowest BCUT2D eigenvalue weighted by atomic mass is 9.85. The summed E-state index contributed by atoms with van der Waals surface area (Å²) in [7, 11) is 1.44. The summed E-state index contributed by atoms with van der Waals surface area (Å²) in [4.78, 5) is 0. The van der Waals surface area contributed by atoms with Crippen LogP contribution in [0.1, 0.15) is 19.4 Å². The van der Waals surface area contributed by atoms with Gasteiger partial charge in [-0.25, -0.2) is 0 Å². The van der Waals surface area contributed by atoms with Gasteiger partial charge in [-0.15, -0.1) is 0 Å². The van der Waals surface area contributed by atoms with Crippen molar-refractivity contribution in [1.82, 2.24) is 0 Å². The molecule has 15 heavy (non-hydrogen) atoms. The van der Waals surface area contributed by atoms with E-state index in [1.54, 1.807) is 19.9 Å². The molecular weight excluding hydrogens is 214 g/mol. The summed E-state index contributed by atoms with van der Waals surface area (Å²) in [5, 5.41) is 19.3. The van der Waals surface area contributed by atoms with E-state index in [0.717, 1.165) is 0 Å². The molecule has 0 aliphatic rings. The largest absolute Gasteiger partial charge is 0.504 e. The molecule has 0 heterocycles. The minimum Gasteiger partial charge on any atom is -0.504 e. The zero-order valence-corrected chi connectivity index (χ0v) is 9.59. The van der Waals surface area contributed by atoms with Crippen LogP contribution in [0.2, 0.25) is 5.02 Å². The summed E-state index contributed by atoms with van der Waals surface area (Å²) in [6, 6.07) is 5.18. The molecule has 0 radical (unpaired) electrons. The first-order valence-corrected chi connectivity index (χ1v) is 4.78. The SMILES string of the molecule is COc1cc(Cl)cc(C(C)(C)C#N)c1O. The third kappa shape index (κ3) is 2.16. The molecule has 0 bridgehead atoms. The second-order valence-electron chi connectivity index (χ2n) is 3.74. The first-order valence-electron chi connectivity index (χ1n) is 4.40. The maximum Gasteiger partial charge on any atom is 0.162 e. The van der Waals surface area contributed by atoms with Crippen molar-refractivity contribution in [2.24, 2.45) is 0 Å². The van der Waals surface area contributed by atoms with Crippen LogP contribution in [0.25, 0.3) is 0 Å². The van der Waals surface area contributed by atoms with Crippen LogP contribution in [0.4, 0.5) is 0 Å². The van der Waals surface area contributed by atoms with Gasteiger partial charge in [-0.2, -0.15) is 5.26 Å². The van der Waals surface area contributed by atoms with E-state index in [4.69, 9.17) is 21.6 Å². The Labute approximate surface area is 93.9 Å². The molecule has 4 heteroatoms. The van der Waals surface area contributed by atoms with Crippen molar-refractivity contribution in [1.29, 1.82) is 5.26 Å². The Hall–Kier alpha value is -1.40. The fourth-order valence-electron chi connectivity index (χ4n) is 1.27. The number of phenolic OH excluding ortho intramolecular Hbond substituents is 1. The minimum atomic E-state index is -0.803. The van der Waals surface area contributed by atoms with Gasteiger partial charge in [0.1, 0.15) is 0 Å². The zero-order chi connectivity index (χ0) is 11.6. The fraction of sp³-hybridized carbons (Fsp3) is 0.364. The van der Waals surface area contributed by atoms with E-state index < -0.39 is 5.41 Å². The second-order valence-corrected chi connectivity index (χ2v) is 4.18. The molecule has 0 atom stereocenters. The summed E-state index contributed by atoms with van der Waals surface area (Å²) < 4.78 is 4.96. The standard InChI is InChI=1S/C11H12ClNO2/c1-11(2,6-13)8-4-7(12)5-9(15-3)10(8)14/h4-5,14H,1-3H3. The van der Waals surface area contributed by atoms with Crippen LogP contribution in [-0.4, -0.2) is 12.2 Å². The molecule has 0 aliphatic carbocycles. The number of ether oxygens (including phenoxy) is 1. The number of nitrogens with zero attached hydrogens (tertiary/aromatic N) is 1. The zero-order valence-electron chi connectivity index (χ0n) is 8.84. The molecule has 0 aromatic heterocycles. The summed E-state index contributed by atoms with van der Waals surface area (Å²) in [5.41, 5.74) is -0.336. The first kappa shape index (κ1) is 11.7. The average Bonchev–Trinajstić information content (AvgIpc) is 2.20. The van der Waals surface area contributed by atoms with E-state index in [2.05, 4.69) is 6.07 Å². The van der Waals surface area contributed by atoms with Crippen molar-refractivity contribution in [3.05, 3.63) is 22.7 Å². The highest BCUT2D eigenvalue weighted by Crippen LogP contribution is 2.39. The topological polar surface area (TPSA) is 53.2 Å². The molecule has 0 aliphatic heterocycles. The predicted molar refractivity (Wildman–Crippen MR) is 58.3 cm³/mol. The van der Waals surface area contributed by atoms with Gasteiger partial charge in [-0.1, -0.05) is 11.6 Å². The molecular formula is C11H12ClNO2. The first-order chi connectivity index (χ1) is 6.92. The van der Waals surface area contributed by atoms with Crippen LogP contribution in [0, 0.1) is 11.3 Å². The van der Waals surface area contributed by atoms with E-state index in [-0.39, 0.29) is 11.5 Å². The van der Waals surface area contributed by atoms with Crippen LogP contribution >= 0.6 is 11.6 Å². The lowest BCUT2D eigenvalue weighted by molar-refractivity contribution is 0.367. The van der Waals surface area contributed by atoms with Crippen molar-refractivity contribution in [3.63, 3.8) is 0 Å². The van der Waals surface area contributed by atoms with Crippen LogP contribution in [0.5, 0.6) is 11.5 Å². The number of rotatable bonds is 2. The Kier molecular flexibility index (Phi) is 3.11. The average molecular weight is 226 g/mol. The second kappa shape index (κ2) is 4.00. The van der Waals surface area contributed by atoms with Crippen molar-refractivity contribution in [2.75, 3.05) is 7.11 Å². The molecule has 80 valence electrons. The number of methoxy groups -OCH3 is 1. The summed E-state index contributed by atoms with van der Waals surface area (Å²) >= 11 is 5.86. The molecule has 1 aromatic carbocycles. The van der Waals surface area contributed by atoms with Gasteiger partial charge in [-0.05, 0) is 19.9 Å². The Balaban J connectivity index is 3.44. The van der Waals surface area contributed by atoms with Gasteiger partial charge in [0.2, 0.25) is 0 Å². The van der Waals surface area contributed by atoms with E-state index in [0.29, 0.717) is 10.6 Å². The third-order valence-corrected chi connectivity index (χ3v) is 2.43. The number of halogens is 1. The number of hydrogen-bond acceptors (Lipinski definition) is 3. The van der Waals surface area contributed by atoms with Crippen LogP contribution < -0.4 is 4.74 Å². The highest BCUT2D eigenvalue weighted by Gasteiger charge is 2.26. The highest BCUT2D eigenvalue weighted by molar-refractivity contribution is 6.30. The van der Waals surface area contributed by atoms with E-state index in [9.17, 15) is 5.11 Å². The minimum absolute atomic E-state index is 0.0338. The van der Waals surface area contributed by atoms with Gasteiger partial charge >= 0.3 is 0 Å². The molecule has 1 N–H and O–H groups in total. The summed E-state index contributed by atoms with van der Waals surface area (Å²) in [5.74, 6) is 0.245. The molecule has 3 nitrogen and oxygen atoms in total. The van der Waals surface area contributed by atoms with Gasteiger partial charge in [0.15, 0.2) is 11.5 Å². The normalized spacial score (nSPS) is 10.9. The molecule has 0 fully saturated rings. The number of nitriles is 1. The lowest BCUT2D eigenvalue weighted by Gasteiger charge is -2.19. The lowest BCUT2D eigenvalue weighted by Crippen LogP contribution is -2.14. The van der Waals surface area contributed by atoms with Crippen LogP contribution in [-0.2, 0) is 5.41 Å².